The van der Waals surface area contributed by atoms with Crippen molar-refractivity contribution in [1.82, 2.24) is 4.98 Å². The van der Waals surface area contributed by atoms with Crippen LogP contribution in [0.1, 0.15) is 19.3 Å². The lowest BCUT2D eigenvalue weighted by molar-refractivity contribution is 0.194. The Labute approximate surface area is 101 Å². The van der Waals surface area contributed by atoms with Crippen LogP contribution in [0.4, 0.5) is 0 Å². The van der Waals surface area contributed by atoms with Crippen LogP contribution in [0, 0.1) is 0 Å². The van der Waals surface area contributed by atoms with Crippen LogP contribution < -0.4 is 10.5 Å². The van der Waals surface area contributed by atoms with Crippen LogP contribution in [0.25, 0.3) is 10.9 Å². The summed E-state index contributed by atoms with van der Waals surface area (Å²) in [5, 5.41) is 1.06. The lowest BCUT2D eigenvalue weighted by Gasteiger charge is -2.18. The van der Waals surface area contributed by atoms with Crippen LogP contribution in [-0.2, 0) is 0 Å². The Bertz CT molecular complexity index is 521. The molecule has 1 aromatic heterocycles. The van der Waals surface area contributed by atoms with Crippen LogP contribution >= 0.6 is 0 Å². The normalized spacial score (nSPS) is 24.1. The first-order valence-electron chi connectivity index (χ1n) is 6.10. The molecule has 3 rings (SSSR count). The van der Waals surface area contributed by atoms with Gasteiger partial charge in [0, 0.05) is 17.6 Å². The van der Waals surface area contributed by atoms with Gasteiger partial charge in [-0.05, 0) is 43.5 Å². The summed E-state index contributed by atoms with van der Waals surface area (Å²) in [6.07, 6.45) is 5.23. The second-order valence-corrected chi connectivity index (χ2v) is 4.58. The molecule has 0 radical (unpaired) electrons. The van der Waals surface area contributed by atoms with Crippen molar-refractivity contribution in [1.29, 1.82) is 0 Å². The molecule has 1 aliphatic carbocycles. The van der Waals surface area contributed by atoms with Crippen molar-refractivity contribution in [3.8, 4) is 5.75 Å². The molecule has 0 spiro atoms. The Hall–Kier alpha value is -1.61. The van der Waals surface area contributed by atoms with Crippen LogP contribution in [0.15, 0.2) is 36.5 Å². The molecule has 1 fully saturated rings. The summed E-state index contributed by atoms with van der Waals surface area (Å²) in [6, 6.07) is 10.1. The Kier molecular flexibility index (Phi) is 2.69. The van der Waals surface area contributed by atoms with E-state index in [2.05, 4.69) is 4.98 Å². The molecule has 88 valence electrons. The predicted molar refractivity (Wildman–Crippen MR) is 68.0 cm³/mol. The summed E-state index contributed by atoms with van der Waals surface area (Å²) >= 11 is 0. The highest BCUT2D eigenvalue weighted by Crippen LogP contribution is 2.28. The first-order chi connectivity index (χ1) is 8.34. The van der Waals surface area contributed by atoms with Gasteiger partial charge in [-0.1, -0.05) is 6.07 Å². The number of hydrogen-bond donors (Lipinski definition) is 1. The maximum atomic E-state index is 6.04. The summed E-state index contributed by atoms with van der Waals surface area (Å²) in [5.74, 6) is 0.901. The first-order valence-corrected chi connectivity index (χ1v) is 6.10. The maximum Gasteiger partial charge on any atom is 0.129 e. The zero-order chi connectivity index (χ0) is 11.7. The minimum atomic E-state index is 0.154. The number of pyridine rings is 1. The van der Waals surface area contributed by atoms with Gasteiger partial charge in [-0.15, -0.1) is 0 Å². The maximum absolute atomic E-state index is 6.04. The Morgan fingerprint density at radius 2 is 2.12 bits per heavy atom. The first kappa shape index (κ1) is 10.5. The SMILES string of the molecule is NC1CCCC1Oc1cccc2ncccc12. The lowest BCUT2D eigenvalue weighted by atomic mass is 10.2. The van der Waals surface area contributed by atoms with E-state index < -0.39 is 0 Å². The topological polar surface area (TPSA) is 48.1 Å². The molecular weight excluding hydrogens is 212 g/mol. The molecule has 0 bridgehead atoms. The monoisotopic (exact) mass is 228 g/mol. The van der Waals surface area contributed by atoms with E-state index in [-0.39, 0.29) is 12.1 Å². The van der Waals surface area contributed by atoms with E-state index in [1.54, 1.807) is 6.20 Å². The molecular formula is C14H16N2O. The van der Waals surface area contributed by atoms with Gasteiger partial charge in [0.2, 0.25) is 0 Å². The van der Waals surface area contributed by atoms with Gasteiger partial charge in [-0.25, -0.2) is 0 Å². The Morgan fingerprint density at radius 1 is 1.18 bits per heavy atom. The van der Waals surface area contributed by atoms with Gasteiger partial charge in [0.05, 0.1) is 5.52 Å². The molecule has 0 saturated heterocycles. The van der Waals surface area contributed by atoms with Crippen molar-refractivity contribution in [2.45, 2.75) is 31.4 Å². The molecule has 17 heavy (non-hydrogen) atoms. The van der Waals surface area contributed by atoms with E-state index in [0.717, 1.165) is 35.9 Å². The highest BCUT2D eigenvalue weighted by molar-refractivity contribution is 5.84. The Morgan fingerprint density at radius 3 is 2.94 bits per heavy atom. The molecule has 3 heteroatoms. The molecule has 1 aliphatic rings. The van der Waals surface area contributed by atoms with Gasteiger partial charge in [0.15, 0.2) is 0 Å². The second kappa shape index (κ2) is 4.34. The largest absolute Gasteiger partial charge is 0.488 e. The number of hydrogen-bond acceptors (Lipinski definition) is 3. The summed E-state index contributed by atoms with van der Waals surface area (Å²) in [6.45, 7) is 0. The van der Waals surface area contributed by atoms with Gasteiger partial charge >= 0.3 is 0 Å². The van der Waals surface area contributed by atoms with E-state index in [4.69, 9.17) is 10.5 Å². The molecule has 3 nitrogen and oxygen atoms in total. The fourth-order valence-electron chi connectivity index (χ4n) is 2.44. The molecule has 0 aliphatic heterocycles. The van der Waals surface area contributed by atoms with Crippen molar-refractivity contribution in [3.63, 3.8) is 0 Å². The molecule has 1 heterocycles. The molecule has 1 aromatic carbocycles. The highest BCUT2D eigenvalue weighted by atomic mass is 16.5. The quantitative estimate of drug-likeness (QED) is 0.859. The van der Waals surface area contributed by atoms with Crippen molar-refractivity contribution >= 4 is 10.9 Å². The van der Waals surface area contributed by atoms with Crippen molar-refractivity contribution in [2.24, 2.45) is 5.73 Å². The van der Waals surface area contributed by atoms with Crippen LogP contribution in [-0.4, -0.2) is 17.1 Å². The number of nitrogens with two attached hydrogens (primary N) is 1. The van der Waals surface area contributed by atoms with E-state index >= 15 is 0 Å². The number of ether oxygens (including phenoxy) is 1. The minimum Gasteiger partial charge on any atom is -0.488 e. The zero-order valence-corrected chi connectivity index (χ0v) is 9.67. The van der Waals surface area contributed by atoms with Crippen molar-refractivity contribution in [2.75, 3.05) is 0 Å². The average Bonchev–Trinajstić information content (AvgIpc) is 2.76. The molecule has 0 amide bonds. The van der Waals surface area contributed by atoms with E-state index in [9.17, 15) is 0 Å². The van der Waals surface area contributed by atoms with Gasteiger partial charge < -0.3 is 10.5 Å². The summed E-state index contributed by atoms with van der Waals surface area (Å²) in [7, 11) is 0. The van der Waals surface area contributed by atoms with Gasteiger partial charge in [0.25, 0.3) is 0 Å². The fourth-order valence-corrected chi connectivity index (χ4v) is 2.44. The van der Waals surface area contributed by atoms with Crippen molar-refractivity contribution < 1.29 is 4.74 Å². The van der Waals surface area contributed by atoms with Crippen LogP contribution in [0.5, 0.6) is 5.75 Å². The molecule has 2 unspecified atom stereocenters. The van der Waals surface area contributed by atoms with E-state index in [0.29, 0.717) is 0 Å². The van der Waals surface area contributed by atoms with E-state index in [1.165, 1.54) is 0 Å². The summed E-state index contributed by atoms with van der Waals surface area (Å²) in [5.41, 5.74) is 7.00. The third-order valence-electron chi connectivity index (χ3n) is 3.39. The van der Waals surface area contributed by atoms with E-state index in [1.807, 2.05) is 30.3 Å². The smallest absolute Gasteiger partial charge is 0.129 e. The minimum absolute atomic E-state index is 0.154. The predicted octanol–water partition coefficient (Wildman–Crippen LogP) is 2.49. The van der Waals surface area contributed by atoms with Crippen LogP contribution in [0.2, 0.25) is 0 Å². The van der Waals surface area contributed by atoms with Crippen LogP contribution in [0.3, 0.4) is 0 Å². The summed E-state index contributed by atoms with van der Waals surface area (Å²) < 4.78 is 6.04. The van der Waals surface area contributed by atoms with Gasteiger partial charge in [0.1, 0.15) is 11.9 Å². The third-order valence-corrected chi connectivity index (χ3v) is 3.39. The summed E-state index contributed by atoms with van der Waals surface area (Å²) in [4.78, 5) is 4.32. The highest BCUT2D eigenvalue weighted by Gasteiger charge is 2.25. The van der Waals surface area contributed by atoms with Gasteiger partial charge in [-0.2, -0.15) is 0 Å². The number of rotatable bonds is 2. The fraction of sp³-hybridized carbons (Fsp3) is 0.357. The third kappa shape index (κ3) is 1.98. The Balaban J connectivity index is 1.94. The molecule has 2 atom stereocenters. The molecule has 1 saturated carbocycles. The van der Waals surface area contributed by atoms with Gasteiger partial charge in [-0.3, -0.25) is 4.98 Å². The molecule has 2 N–H and O–H groups in total. The van der Waals surface area contributed by atoms with Crippen molar-refractivity contribution in [3.05, 3.63) is 36.5 Å². The lowest BCUT2D eigenvalue weighted by Crippen LogP contribution is -2.33. The number of aromatic nitrogens is 1. The number of nitrogens with zero attached hydrogens (tertiary/aromatic N) is 1. The molecule has 2 aromatic rings. The zero-order valence-electron chi connectivity index (χ0n) is 9.67. The number of benzene rings is 1. The average molecular weight is 228 g/mol. The standard InChI is InChI=1S/C14H16N2O/c15-11-5-1-8-14(11)17-13-7-2-6-12-10(13)4-3-9-16-12/h2-4,6-7,9,11,14H,1,5,8,15H2. The number of fused-ring (bicyclic) bond motifs is 1. The second-order valence-electron chi connectivity index (χ2n) is 4.58.